The molecule has 0 bridgehead atoms. The van der Waals surface area contributed by atoms with Crippen LogP contribution in [0.25, 0.3) is 0 Å². The highest BCUT2D eigenvalue weighted by Gasteiger charge is 2.43. The number of pyridine rings is 1. The molecule has 0 radical (unpaired) electrons. The summed E-state index contributed by atoms with van der Waals surface area (Å²) in [6.45, 7) is 1.97. The zero-order valence-electron chi connectivity index (χ0n) is 16.7. The maximum Gasteiger partial charge on any atom is 0.317 e. The fraction of sp³-hybridized carbons (Fsp3) is 0.619. The Bertz CT molecular complexity index is 744. The van der Waals surface area contributed by atoms with E-state index in [9.17, 15) is 14.4 Å². The smallest absolute Gasteiger partial charge is 0.317 e. The Labute approximate surface area is 171 Å². The van der Waals surface area contributed by atoms with Gasteiger partial charge in [0.15, 0.2) is 0 Å². The summed E-state index contributed by atoms with van der Waals surface area (Å²) in [4.78, 5) is 44.7. The number of rotatable bonds is 5. The van der Waals surface area contributed by atoms with Crippen molar-refractivity contribution in [3.8, 4) is 0 Å². The molecule has 0 spiro atoms. The Hall–Kier alpha value is -2.64. The first-order chi connectivity index (χ1) is 14.1. The van der Waals surface area contributed by atoms with E-state index < -0.39 is 0 Å². The zero-order valence-corrected chi connectivity index (χ0v) is 16.7. The molecule has 1 aromatic rings. The molecular formula is C21H29N5O3. The van der Waals surface area contributed by atoms with Gasteiger partial charge in [0, 0.05) is 51.0 Å². The lowest BCUT2D eigenvalue weighted by atomic mass is 9.95. The Morgan fingerprint density at radius 1 is 1.07 bits per heavy atom. The van der Waals surface area contributed by atoms with Crippen LogP contribution in [0.15, 0.2) is 24.5 Å². The lowest BCUT2D eigenvalue weighted by molar-refractivity contribution is -0.132. The summed E-state index contributed by atoms with van der Waals surface area (Å²) in [6.07, 6.45) is 9.36. The second kappa shape index (κ2) is 8.80. The van der Waals surface area contributed by atoms with Crippen molar-refractivity contribution in [1.82, 2.24) is 25.4 Å². The molecule has 2 N–H and O–H groups in total. The van der Waals surface area contributed by atoms with Crippen LogP contribution in [0.2, 0.25) is 0 Å². The van der Waals surface area contributed by atoms with Crippen LogP contribution in [0.1, 0.15) is 44.1 Å². The Morgan fingerprint density at radius 2 is 1.79 bits per heavy atom. The van der Waals surface area contributed by atoms with Crippen molar-refractivity contribution in [1.29, 1.82) is 0 Å². The second-order valence-corrected chi connectivity index (χ2v) is 8.36. The third-order valence-corrected chi connectivity index (χ3v) is 6.27. The lowest BCUT2D eigenvalue weighted by Gasteiger charge is -2.44. The molecule has 4 amide bonds. The largest absolute Gasteiger partial charge is 0.352 e. The molecule has 2 aliphatic heterocycles. The third-order valence-electron chi connectivity index (χ3n) is 6.27. The van der Waals surface area contributed by atoms with E-state index >= 15 is 0 Å². The minimum atomic E-state index is -0.325. The van der Waals surface area contributed by atoms with Crippen molar-refractivity contribution in [2.75, 3.05) is 19.6 Å². The number of hydrogen-bond donors (Lipinski definition) is 2. The topological polar surface area (TPSA) is 94.6 Å². The molecule has 4 rings (SSSR count). The van der Waals surface area contributed by atoms with Crippen LogP contribution >= 0.6 is 0 Å². The first kappa shape index (κ1) is 19.7. The highest BCUT2D eigenvalue weighted by Crippen LogP contribution is 2.26. The van der Waals surface area contributed by atoms with Gasteiger partial charge in [-0.15, -0.1) is 0 Å². The van der Waals surface area contributed by atoms with Gasteiger partial charge >= 0.3 is 6.03 Å². The van der Waals surface area contributed by atoms with Crippen molar-refractivity contribution >= 4 is 17.8 Å². The van der Waals surface area contributed by atoms with E-state index in [1.54, 1.807) is 22.2 Å². The van der Waals surface area contributed by atoms with Gasteiger partial charge in [0.2, 0.25) is 11.8 Å². The number of hydrogen-bond acceptors (Lipinski definition) is 4. The predicted molar refractivity (Wildman–Crippen MR) is 107 cm³/mol. The molecule has 1 unspecified atom stereocenters. The number of amides is 4. The van der Waals surface area contributed by atoms with Gasteiger partial charge in [-0.25, -0.2) is 4.79 Å². The number of carbonyl (C=O) groups is 3. The quantitative estimate of drug-likeness (QED) is 0.780. The number of aromatic nitrogens is 1. The molecule has 1 aliphatic carbocycles. The zero-order chi connectivity index (χ0) is 20.2. The van der Waals surface area contributed by atoms with Gasteiger partial charge in [-0.2, -0.15) is 0 Å². The summed E-state index contributed by atoms with van der Waals surface area (Å²) in [5.74, 6) is -0.412. The number of likely N-dealkylation sites (tertiary alicyclic amines) is 2. The standard InChI is InChI=1S/C21H29N5O3/c27-19-10-16(20(28)23-11-15-6-8-22-9-7-15)12-26(19)18-13-25(14-18)21(29)24-17-4-2-1-3-5-17/h6-9,16-18H,1-5,10-14H2,(H,23,28)(H,24,29). The van der Waals surface area contributed by atoms with Crippen LogP contribution < -0.4 is 10.6 Å². The summed E-state index contributed by atoms with van der Waals surface area (Å²) in [7, 11) is 0. The number of carbonyl (C=O) groups excluding carboxylic acids is 3. The number of urea groups is 1. The third kappa shape index (κ3) is 4.68. The summed E-state index contributed by atoms with van der Waals surface area (Å²) in [5, 5.41) is 6.03. The van der Waals surface area contributed by atoms with Crippen molar-refractivity contribution < 1.29 is 14.4 Å². The van der Waals surface area contributed by atoms with Gasteiger partial charge in [-0.05, 0) is 30.5 Å². The average molecular weight is 399 g/mol. The normalized spacial score (nSPS) is 23.0. The van der Waals surface area contributed by atoms with E-state index in [0.717, 1.165) is 18.4 Å². The molecule has 3 fully saturated rings. The highest BCUT2D eigenvalue weighted by molar-refractivity contribution is 5.89. The highest BCUT2D eigenvalue weighted by atomic mass is 16.2. The molecule has 3 aliphatic rings. The van der Waals surface area contributed by atoms with E-state index in [2.05, 4.69) is 15.6 Å². The van der Waals surface area contributed by atoms with Crippen LogP contribution in [0.4, 0.5) is 4.79 Å². The average Bonchev–Trinajstić information content (AvgIpc) is 3.08. The Balaban J connectivity index is 1.21. The van der Waals surface area contributed by atoms with Crippen LogP contribution in [-0.2, 0) is 16.1 Å². The molecule has 156 valence electrons. The minimum Gasteiger partial charge on any atom is -0.352 e. The van der Waals surface area contributed by atoms with E-state index in [0.29, 0.717) is 26.2 Å². The van der Waals surface area contributed by atoms with Crippen molar-refractivity contribution in [3.05, 3.63) is 30.1 Å². The molecule has 8 heteroatoms. The molecule has 2 saturated heterocycles. The molecule has 0 aromatic carbocycles. The van der Waals surface area contributed by atoms with E-state index in [4.69, 9.17) is 0 Å². The van der Waals surface area contributed by atoms with E-state index in [1.165, 1.54) is 19.3 Å². The lowest BCUT2D eigenvalue weighted by Crippen LogP contribution is -2.64. The van der Waals surface area contributed by atoms with Crippen molar-refractivity contribution in [3.63, 3.8) is 0 Å². The van der Waals surface area contributed by atoms with Gasteiger partial charge in [-0.1, -0.05) is 19.3 Å². The Kier molecular flexibility index (Phi) is 5.97. The molecule has 1 saturated carbocycles. The van der Waals surface area contributed by atoms with E-state index in [1.807, 2.05) is 12.1 Å². The first-order valence-corrected chi connectivity index (χ1v) is 10.6. The summed E-state index contributed by atoms with van der Waals surface area (Å²) in [5.41, 5.74) is 0.980. The number of nitrogens with zero attached hydrogens (tertiary/aromatic N) is 3. The van der Waals surface area contributed by atoms with Crippen LogP contribution in [0.5, 0.6) is 0 Å². The van der Waals surface area contributed by atoms with Gasteiger partial charge in [-0.3, -0.25) is 14.6 Å². The van der Waals surface area contributed by atoms with Crippen molar-refractivity contribution in [2.45, 2.75) is 57.2 Å². The summed E-state index contributed by atoms with van der Waals surface area (Å²) < 4.78 is 0. The van der Waals surface area contributed by atoms with Crippen LogP contribution in [0.3, 0.4) is 0 Å². The van der Waals surface area contributed by atoms with Crippen LogP contribution in [-0.4, -0.2) is 64.3 Å². The maximum absolute atomic E-state index is 12.5. The molecule has 29 heavy (non-hydrogen) atoms. The van der Waals surface area contributed by atoms with Gasteiger partial charge in [0.25, 0.3) is 0 Å². The Morgan fingerprint density at radius 3 is 2.52 bits per heavy atom. The van der Waals surface area contributed by atoms with E-state index in [-0.39, 0.29) is 42.3 Å². The maximum atomic E-state index is 12.5. The minimum absolute atomic E-state index is 0.00593. The van der Waals surface area contributed by atoms with Crippen molar-refractivity contribution in [2.24, 2.45) is 5.92 Å². The fourth-order valence-electron chi connectivity index (χ4n) is 4.43. The fourth-order valence-corrected chi connectivity index (χ4v) is 4.43. The number of nitrogens with one attached hydrogen (secondary N) is 2. The first-order valence-electron chi connectivity index (χ1n) is 10.6. The second-order valence-electron chi connectivity index (χ2n) is 8.36. The van der Waals surface area contributed by atoms with Gasteiger partial charge < -0.3 is 20.4 Å². The summed E-state index contributed by atoms with van der Waals surface area (Å²) in [6, 6.07) is 4.00. The predicted octanol–water partition coefficient (Wildman–Crippen LogP) is 1.27. The molecule has 8 nitrogen and oxygen atoms in total. The molecule has 3 heterocycles. The van der Waals surface area contributed by atoms with Gasteiger partial charge in [0.1, 0.15) is 0 Å². The molecule has 1 aromatic heterocycles. The SMILES string of the molecule is O=C(NCc1ccncc1)C1CC(=O)N(C2CN(C(=O)NC3CCCCC3)C2)C1. The summed E-state index contributed by atoms with van der Waals surface area (Å²) >= 11 is 0. The molecule has 1 atom stereocenters. The monoisotopic (exact) mass is 399 g/mol. The van der Waals surface area contributed by atoms with Crippen LogP contribution in [0, 0.1) is 5.92 Å². The molecular weight excluding hydrogens is 370 g/mol. The van der Waals surface area contributed by atoms with Gasteiger partial charge in [0.05, 0.1) is 12.0 Å².